The van der Waals surface area contributed by atoms with Crippen molar-refractivity contribution >= 4 is 5.91 Å². The number of piperidine rings is 1. The lowest BCUT2D eigenvalue weighted by atomic mass is 9.97. The van der Waals surface area contributed by atoms with E-state index in [2.05, 4.69) is 5.32 Å². The van der Waals surface area contributed by atoms with Crippen molar-refractivity contribution in [1.29, 1.82) is 0 Å². The minimum absolute atomic E-state index is 0.0395. The number of hydrogen-bond acceptors (Lipinski definition) is 3. The zero-order valence-electron chi connectivity index (χ0n) is 11.2. The molecule has 100 valence electrons. The first-order chi connectivity index (χ1) is 8.74. The summed E-state index contributed by atoms with van der Waals surface area (Å²) in [6.07, 6.45) is 2.99. The van der Waals surface area contributed by atoms with Crippen LogP contribution in [-0.4, -0.2) is 37.5 Å². The van der Waals surface area contributed by atoms with Crippen LogP contribution in [0.5, 0.6) is 0 Å². The number of likely N-dealkylation sites (tertiary alicyclic amines) is 1. The predicted molar refractivity (Wildman–Crippen MR) is 70.6 cm³/mol. The SMILES string of the molecule is CCc1ccc(C(=O)N2CCC(CNC)CC2)o1. The summed E-state index contributed by atoms with van der Waals surface area (Å²) in [5.41, 5.74) is 0. The van der Waals surface area contributed by atoms with Gasteiger partial charge in [0.2, 0.25) is 0 Å². The van der Waals surface area contributed by atoms with E-state index in [9.17, 15) is 4.79 Å². The lowest BCUT2D eigenvalue weighted by molar-refractivity contribution is 0.0657. The van der Waals surface area contributed by atoms with Gasteiger partial charge < -0.3 is 14.6 Å². The van der Waals surface area contributed by atoms with Crippen LogP contribution >= 0.6 is 0 Å². The van der Waals surface area contributed by atoms with Crippen LogP contribution in [0.1, 0.15) is 36.1 Å². The van der Waals surface area contributed by atoms with Crippen LogP contribution in [0.25, 0.3) is 0 Å². The van der Waals surface area contributed by atoms with Crippen molar-refractivity contribution in [3.63, 3.8) is 0 Å². The van der Waals surface area contributed by atoms with Crippen molar-refractivity contribution in [1.82, 2.24) is 10.2 Å². The first kappa shape index (κ1) is 13.1. The lowest BCUT2D eigenvalue weighted by Gasteiger charge is -2.31. The highest BCUT2D eigenvalue weighted by atomic mass is 16.4. The van der Waals surface area contributed by atoms with Crippen molar-refractivity contribution in [2.24, 2.45) is 5.92 Å². The molecule has 0 unspecified atom stereocenters. The molecule has 4 nitrogen and oxygen atoms in total. The average molecular weight is 250 g/mol. The van der Waals surface area contributed by atoms with E-state index in [0.717, 1.165) is 44.7 Å². The maximum absolute atomic E-state index is 12.2. The smallest absolute Gasteiger partial charge is 0.289 e. The fraction of sp³-hybridized carbons (Fsp3) is 0.643. The van der Waals surface area contributed by atoms with Crippen molar-refractivity contribution in [2.75, 3.05) is 26.7 Å². The maximum Gasteiger partial charge on any atom is 0.289 e. The Morgan fingerprint density at radius 1 is 1.44 bits per heavy atom. The summed E-state index contributed by atoms with van der Waals surface area (Å²) < 4.78 is 5.52. The standard InChI is InChI=1S/C14H22N2O2/c1-3-12-4-5-13(18-12)14(17)16-8-6-11(7-9-16)10-15-2/h4-5,11,15H,3,6-10H2,1-2H3. The Morgan fingerprint density at radius 3 is 2.72 bits per heavy atom. The van der Waals surface area contributed by atoms with Crippen LogP contribution in [0.2, 0.25) is 0 Å². The molecule has 1 amide bonds. The summed E-state index contributed by atoms with van der Waals surface area (Å²) in [5, 5.41) is 3.20. The molecule has 0 radical (unpaired) electrons. The molecule has 0 aromatic carbocycles. The summed E-state index contributed by atoms with van der Waals surface area (Å²) in [6, 6.07) is 3.68. The molecular formula is C14H22N2O2. The van der Waals surface area contributed by atoms with Crippen LogP contribution < -0.4 is 5.32 Å². The Morgan fingerprint density at radius 2 is 2.17 bits per heavy atom. The summed E-state index contributed by atoms with van der Waals surface area (Å²) in [6.45, 7) is 4.75. The van der Waals surface area contributed by atoms with Crippen molar-refractivity contribution < 1.29 is 9.21 Å². The zero-order valence-corrected chi connectivity index (χ0v) is 11.2. The van der Waals surface area contributed by atoms with Crippen LogP contribution in [-0.2, 0) is 6.42 Å². The van der Waals surface area contributed by atoms with Gasteiger partial charge in [0, 0.05) is 19.5 Å². The summed E-state index contributed by atoms with van der Waals surface area (Å²) in [5.74, 6) is 2.10. The van der Waals surface area contributed by atoms with Gasteiger partial charge in [-0.25, -0.2) is 0 Å². The summed E-state index contributed by atoms with van der Waals surface area (Å²) in [7, 11) is 1.98. The van der Waals surface area contributed by atoms with E-state index in [1.54, 1.807) is 6.07 Å². The molecule has 1 N–H and O–H groups in total. The van der Waals surface area contributed by atoms with Gasteiger partial charge in [-0.05, 0) is 44.5 Å². The third-order valence-electron chi connectivity index (χ3n) is 3.62. The molecule has 1 aromatic heterocycles. The highest BCUT2D eigenvalue weighted by Gasteiger charge is 2.24. The summed E-state index contributed by atoms with van der Waals surface area (Å²) in [4.78, 5) is 14.1. The van der Waals surface area contributed by atoms with Gasteiger partial charge in [-0.15, -0.1) is 0 Å². The summed E-state index contributed by atoms with van der Waals surface area (Å²) >= 11 is 0. The normalized spacial score (nSPS) is 17.1. The molecule has 1 saturated heterocycles. The van der Waals surface area contributed by atoms with Gasteiger partial charge in [0.05, 0.1) is 0 Å². The Labute approximate surface area is 108 Å². The minimum Gasteiger partial charge on any atom is -0.456 e. The number of nitrogens with one attached hydrogen (secondary N) is 1. The monoisotopic (exact) mass is 250 g/mol. The number of hydrogen-bond donors (Lipinski definition) is 1. The minimum atomic E-state index is 0.0395. The molecular weight excluding hydrogens is 228 g/mol. The largest absolute Gasteiger partial charge is 0.456 e. The fourth-order valence-corrected chi connectivity index (χ4v) is 2.47. The highest BCUT2D eigenvalue weighted by molar-refractivity contribution is 5.91. The van der Waals surface area contributed by atoms with Gasteiger partial charge >= 0.3 is 0 Å². The number of carbonyl (C=O) groups is 1. The van der Waals surface area contributed by atoms with E-state index >= 15 is 0 Å². The van der Waals surface area contributed by atoms with E-state index in [4.69, 9.17) is 4.42 Å². The molecule has 4 heteroatoms. The van der Waals surface area contributed by atoms with E-state index in [0.29, 0.717) is 11.7 Å². The van der Waals surface area contributed by atoms with Crippen LogP contribution in [0.3, 0.4) is 0 Å². The molecule has 1 aliphatic rings. The Kier molecular flexibility index (Phi) is 4.42. The fourth-order valence-electron chi connectivity index (χ4n) is 2.47. The highest BCUT2D eigenvalue weighted by Crippen LogP contribution is 2.19. The number of furan rings is 1. The molecule has 1 aliphatic heterocycles. The number of carbonyl (C=O) groups excluding carboxylic acids is 1. The van der Waals surface area contributed by atoms with Gasteiger partial charge in [-0.2, -0.15) is 0 Å². The van der Waals surface area contributed by atoms with E-state index in [-0.39, 0.29) is 5.91 Å². The molecule has 0 saturated carbocycles. The van der Waals surface area contributed by atoms with Gasteiger partial charge in [0.1, 0.15) is 5.76 Å². The van der Waals surface area contributed by atoms with Gasteiger partial charge in [0.25, 0.3) is 5.91 Å². The molecule has 2 heterocycles. The topological polar surface area (TPSA) is 45.5 Å². The third-order valence-corrected chi connectivity index (χ3v) is 3.62. The van der Waals surface area contributed by atoms with Crippen molar-refractivity contribution in [2.45, 2.75) is 26.2 Å². The molecule has 0 spiro atoms. The van der Waals surface area contributed by atoms with E-state index < -0.39 is 0 Å². The van der Waals surface area contributed by atoms with Crippen molar-refractivity contribution in [3.8, 4) is 0 Å². The molecule has 0 aliphatic carbocycles. The zero-order chi connectivity index (χ0) is 13.0. The van der Waals surface area contributed by atoms with Crippen molar-refractivity contribution in [3.05, 3.63) is 23.7 Å². The second-order valence-corrected chi connectivity index (χ2v) is 4.91. The first-order valence-electron chi connectivity index (χ1n) is 6.77. The van der Waals surface area contributed by atoms with Crippen LogP contribution in [0, 0.1) is 5.92 Å². The second-order valence-electron chi connectivity index (χ2n) is 4.91. The number of rotatable bonds is 4. The predicted octanol–water partition coefficient (Wildman–Crippen LogP) is 1.91. The van der Waals surface area contributed by atoms with Gasteiger partial charge in [-0.3, -0.25) is 4.79 Å². The van der Waals surface area contributed by atoms with Crippen LogP contribution in [0.15, 0.2) is 16.5 Å². The molecule has 2 rings (SSSR count). The maximum atomic E-state index is 12.2. The second kappa shape index (κ2) is 6.05. The average Bonchev–Trinajstić information content (AvgIpc) is 2.88. The van der Waals surface area contributed by atoms with E-state index in [1.165, 1.54) is 0 Å². The molecule has 1 aromatic rings. The molecule has 18 heavy (non-hydrogen) atoms. The Balaban J connectivity index is 1.91. The molecule has 0 atom stereocenters. The molecule has 1 fully saturated rings. The Bertz CT molecular complexity index is 392. The number of aryl methyl sites for hydroxylation is 1. The Hall–Kier alpha value is -1.29. The lowest BCUT2D eigenvalue weighted by Crippen LogP contribution is -2.40. The van der Waals surface area contributed by atoms with Crippen LogP contribution in [0.4, 0.5) is 0 Å². The van der Waals surface area contributed by atoms with Gasteiger partial charge in [-0.1, -0.05) is 6.92 Å². The quantitative estimate of drug-likeness (QED) is 0.888. The third kappa shape index (κ3) is 2.93. The first-order valence-corrected chi connectivity index (χ1v) is 6.77. The molecule has 0 bridgehead atoms. The number of nitrogens with zero attached hydrogens (tertiary/aromatic N) is 1. The number of amides is 1. The van der Waals surface area contributed by atoms with Gasteiger partial charge in [0.15, 0.2) is 5.76 Å². The van der Waals surface area contributed by atoms with E-state index in [1.807, 2.05) is 24.9 Å².